The molecule has 1 N–H and O–H groups in total. The van der Waals surface area contributed by atoms with Crippen LogP contribution in [0.15, 0.2) is 48.5 Å². The molecule has 1 amide bonds. The zero-order valence-corrected chi connectivity index (χ0v) is 17.1. The Labute approximate surface area is 181 Å². The van der Waals surface area contributed by atoms with Crippen LogP contribution in [0.1, 0.15) is 27.9 Å². The molecule has 0 atom stereocenters. The largest absolute Gasteiger partial charge is 0.416 e. The third kappa shape index (κ3) is 6.38. The smallest absolute Gasteiger partial charge is 0.369 e. The number of carbonyl (C=O) groups is 1. The average Bonchev–Trinajstić information content (AvgIpc) is 2.76. The lowest BCUT2D eigenvalue weighted by Crippen LogP contribution is -2.47. The molecule has 0 bridgehead atoms. The van der Waals surface area contributed by atoms with E-state index in [2.05, 4.69) is 15.1 Å². The van der Waals surface area contributed by atoms with Crippen LogP contribution >= 0.6 is 0 Å². The van der Waals surface area contributed by atoms with E-state index in [1.54, 1.807) is 0 Å². The normalized spacial score (nSPS) is 15.6. The van der Waals surface area contributed by atoms with Crippen molar-refractivity contribution in [1.82, 2.24) is 10.2 Å². The molecule has 32 heavy (non-hydrogen) atoms. The van der Waals surface area contributed by atoms with Gasteiger partial charge in [-0.2, -0.15) is 26.3 Å². The van der Waals surface area contributed by atoms with Crippen LogP contribution in [0.3, 0.4) is 0 Å². The van der Waals surface area contributed by atoms with E-state index >= 15 is 0 Å². The third-order valence-electron chi connectivity index (χ3n) is 5.28. The number of piperazine rings is 1. The summed E-state index contributed by atoms with van der Waals surface area (Å²) in [5.74, 6) is -0.963. The summed E-state index contributed by atoms with van der Waals surface area (Å²) in [5, 5.41) is 2.42. The number of benzene rings is 2. The van der Waals surface area contributed by atoms with Gasteiger partial charge in [-0.1, -0.05) is 18.2 Å². The van der Waals surface area contributed by atoms with Gasteiger partial charge >= 0.3 is 12.4 Å². The topological polar surface area (TPSA) is 35.6 Å². The molecule has 0 radical (unpaired) electrons. The quantitative estimate of drug-likeness (QED) is 0.504. The maximum Gasteiger partial charge on any atom is 0.416 e. The minimum absolute atomic E-state index is 0.00582. The van der Waals surface area contributed by atoms with Crippen LogP contribution in [0.25, 0.3) is 0 Å². The van der Waals surface area contributed by atoms with Crippen LogP contribution in [0.4, 0.5) is 32.0 Å². The first-order valence-electron chi connectivity index (χ1n) is 10.1. The summed E-state index contributed by atoms with van der Waals surface area (Å²) in [6, 6.07) is 10.9. The Balaban J connectivity index is 1.49. The summed E-state index contributed by atoms with van der Waals surface area (Å²) >= 11 is 0. The molecule has 4 nitrogen and oxygen atoms in total. The Hall–Kier alpha value is -2.75. The fraction of sp³-hybridized carbons (Fsp3) is 0.409. The Morgan fingerprint density at radius 2 is 1.41 bits per heavy atom. The molecule has 1 aliphatic heterocycles. The van der Waals surface area contributed by atoms with Crippen LogP contribution < -0.4 is 10.2 Å². The fourth-order valence-electron chi connectivity index (χ4n) is 3.56. The molecule has 0 saturated carbocycles. The van der Waals surface area contributed by atoms with Gasteiger partial charge in [0.2, 0.25) is 0 Å². The minimum atomic E-state index is -4.99. The molecule has 0 unspecified atom stereocenters. The lowest BCUT2D eigenvalue weighted by molar-refractivity contribution is -0.143. The summed E-state index contributed by atoms with van der Waals surface area (Å²) in [6.45, 7) is 4.16. The molecule has 0 spiro atoms. The van der Waals surface area contributed by atoms with E-state index in [1.807, 2.05) is 30.3 Å². The summed E-state index contributed by atoms with van der Waals surface area (Å²) < 4.78 is 77.6. The maximum atomic E-state index is 12.9. The number of alkyl halides is 6. The second kappa shape index (κ2) is 9.81. The Morgan fingerprint density at radius 3 is 1.94 bits per heavy atom. The van der Waals surface area contributed by atoms with E-state index in [9.17, 15) is 31.1 Å². The Morgan fingerprint density at radius 1 is 0.844 bits per heavy atom. The highest BCUT2D eigenvalue weighted by atomic mass is 19.4. The molecule has 3 rings (SSSR count). The zero-order chi connectivity index (χ0) is 23.4. The lowest BCUT2D eigenvalue weighted by atomic mass is 10.0. The number of para-hydroxylation sites is 1. The van der Waals surface area contributed by atoms with Crippen LogP contribution in [-0.4, -0.2) is 50.1 Å². The highest BCUT2D eigenvalue weighted by Gasteiger charge is 2.37. The van der Waals surface area contributed by atoms with Crippen molar-refractivity contribution in [2.45, 2.75) is 18.8 Å². The van der Waals surface area contributed by atoms with E-state index in [0.717, 1.165) is 31.9 Å². The molecule has 1 heterocycles. The van der Waals surface area contributed by atoms with Gasteiger partial charge in [0.05, 0.1) is 11.1 Å². The van der Waals surface area contributed by atoms with Crippen molar-refractivity contribution < 1.29 is 31.1 Å². The molecular formula is C22H23F6N3O. The number of nitrogens with zero attached hydrogens (tertiary/aromatic N) is 2. The molecule has 1 fully saturated rings. The van der Waals surface area contributed by atoms with Gasteiger partial charge in [-0.3, -0.25) is 9.69 Å². The Bertz CT molecular complexity index is 874. The number of hydrogen-bond donors (Lipinski definition) is 1. The fourth-order valence-corrected chi connectivity index (χ4v) is 3.56. The van der Waals surface area contributed by atoms with Gasteiger partial charge in [-0.05, 0) is 43.3 Å². The minimum Gasteiger partial charge on any atom is -0.369 e. The van der Waals surface area contributed by atoms with Gasteiger partial charge < -0.3 is 10.2 Å². The predicted octanol–water partition coefficient (Wildman–Crippen LogP) is 4.67. The van der Waals surface area contributed by atoms with Crippen LogP contribution in [0.5, 0.6) is 0 Å². The van der Waals surface area contributed by atoms with E-state index in [0.29, 0.717) is 25.1 Å². The van der Waals surface area contributed by atoms with Gasteiger partial charge in [0, 0.05) is 44.0 Å². The molecule has 1 aliphatic rings. The molecule has 2 aromatic carbocycles. The highest BCUT2D eigenvalue weighted by Crippen LogP contribution is 2.36. The van der Waals surface area contributed by atoms with Gasteiger partial charge in [0.1, 0.15) is 0 Å². The third-order valence-corrected chi connectivity index (χ3v) is 5.28. The van der Waals surface area contributed by atoms with Crippen LogP contribution in [-0.2, 0) is 12.4 Å². The van der Waals surface area contributed by atoms with Crippen molar-refractivity contribution in [2.75, 3.05) is 44.2 Å². The molecule has 2 aromatic rings. The number of hydrogen-bond acceptors (Lipinski definition) is 3. The van der Waals surface area contributed by atoms with Gasteiger partial charge in [0.25, 0.3) is 5.91 Å². The van der Waals surface area contributed by atoms with E-state index < -0.39 is 35.0 Å². The van der Waals surface area contributed by atoms with E-state index in [-0.39, 0.29) is 12.6 Å². The lowest BCUT2D eigenvalue weighted by Gasteiger charge is -2.36. The van der Waals surface area contributed by atoms with Crippen LogP contribution in [0.2, 0.25) is 0 Å². The number of rotatable bonds is 6. The maximum absolute atomic E-state index is 12.9. The molecular weight excluding hydrogens is 436 g/mol. The molecule has 10 heteroatoms. The number of halogens is 6. The summed E-state index contributed by atoms with van der Waals surface area (Å²) in [5.41, 5.74) is -2.52. The number of anilines is 1. The zero-order valence-electron chi connectivity index (χ0n) is 17.1. The average molecular weight is 459 g/mol. The SMILES string of the molecule is O=C(NCCCN1CCN(c2ccccc2)CC1)c1cc(C(F)(F)F)cc(C(F)(F)F)c1. The summed E-state index contributed by atoms with van der Waals surface area (Å²) in [6.07, 6.45) is -9.45. The second-order valence-electron chi connectivity index (χ2n) is 7.57. The highest BCUT2D eigenvalue weighted by molar-refractivity contribution is 5.94. The predicted molar refractivity (Wildman–Crippen MR) is 108 cm³/mol. The van der Waals surface area contributed by atoms with Crippen molar-refractivity contribution in [3.05, 3.63) is 65.2 Å². The summed E-state index contributed by atoms with van der Waals surface area (Å²) in [7, 11) is 0. The Kier molecular flexibility index (Phi) is 7.33. The molecule has 0 aromatic heterocycles. The van der Waals surface area contributed by atoms with Crippen molar-refractivity contribution in [3.8, 4) is 0 Å². The van der Waals surface area contributed by atoms with E-state index in [4.69, 9.17) is 0 Å². The first-order chi connectivity index (χ1) is 15.0. The monoisotopic (exact) mass is 459 g/mol. The number of nitrogens with one attached hydrogen (secondary N) is 1. The second-order valence-corrected chi connectivity index (χ2v) is 7.57. The van der Waals surface area contributed by atoms with Crippen molar-refractivity contribution in [3.63, 3.8) is 0 Å². The van der Waals surface area contributed by atoms with Gasteiger partial charge in [-0.15, -0.1) is 0 Å². The number of amides is 1. The standard InChI is InChI=1S/C22H23F6N3O/c23-21(24,25)17-13-16(14-18(15-17)22(26,27)28)20(32)29-7-4-8-30-9-11-31(12-10-30)19-5-2-1-3-6-19/h1-3,5-6,13-15H,4,7-12H2,(H,29,32). The van der Waals surface area contributed by atoms with Gasteiger partial charge in [-0.25, -0.2) is 0 Å². The molecule has 1 saturated heterocycles. The van der Waals surface area contributed by atoms with Gasteiger partial charge in [0.15, 0.2) is 0 Å². The van der Waals surface area contributed by atoms with Crippen molar-refractivity contribution in [1.29, 1.82) is 0 Å². The molecule has 0 aliphatic carbocycles. The van der Waals surface area contributed by atoms with Crippen LogP contribution in [0, 0.1) is 0 Å². The van der Waals surface area contributed by atoms with E-state index in [1.165, 1.54) is 0 Å². The first kappa shape index (κ1) is 23.9. The van der Waals surface area contributed by atoms with Crippen molar-refractivity contribution >= 4 is 11.6 Å². The molecule has 174 valence electrons. The summed E-state index contributed by atoms with van der Waals surface area (Å²) in [4.78, 5) is 16.7. The number of carbonyl (C=O) groups excluding carboxylic acids is 1. The first-order valence-corrected chi connectivity index (χ1v) is 10.1. The van der Waals surface area contributed by atoms with Crippen molar-refractivity contribution in [2.24, 2.45) is 0 Å².